The Kier molecular flexibility index (Phi) is 6.93. The van der Waals surface area contributed by atoms with Crippen LogP contribution in [0.5, 0.6) is 0 Å². The van der Waals surface area contributed by atoms with Crippen molar-refractivity contribution in [3.8, 4) is 0 Å². The number of benzene rings is 2. The number of rotatable bonds is 7. The van der Waals surface area contributed by atoms with Crippen molar-refractivity contribution >= 4 is 5.91 Å². The monoisotopic (exact) mass is 402 g/mol. The number of amides is 1. The van der Waals surface area contributed by atoms with Gasteiger partial charge >= 0.3 is 0 Å². The SMILES string of the molecule is O=C(NCc1cccc(CN2CCCCCC2)c1)c1ccc(Cn2ccnc2)cc1. The van der Waals surface area contributed by atoms with Crippen molar-refractivity contribution in [3.63, 3.8) is 0 Å². The lowest BCUT2D eigenvalue weighted by molar-refractivity contribution is 0.0951. The largest absolute Gasteiger partial charge is 0.348 e. The lowest BCUT2D eigenvalue weighted by atomic mass is 10.1. The van der Waals surface area contributed by atoms with Gasteiger partial charge in [0.1, 0.15) is 0 Å². The molecule has 1 aliphatic rings. The highest BCUT2D eigenvalue weighted by atomic mass is 16.1. The molecule has 0 atom stereocenters. The van der Waals surface area contributed by atoms with Crippen LogP contribution >= 0.6 is 0 Å². The van der Waals surface area contributed by atoms with E-state index in [9.17, 15) is 4.79 Å². The number of hydrogen-bond donors (Lipinski definition) is 1. The zero-order chi connectivity index (χ0) is 20.6. The normalized spacial score (nSPS) is 14.9. The molecule has 1 N–H and O–H groups in total. The van der Waals surface area contributed by atoms with Gasteiger partial charge in [-0.2, -0.15) is 0 Å². The summed E-state index contributed by atoms with van der Waals surface area (Å²) < 4.78 is 2.01. The Labute approximate surface area is 178 Å². The van der Waals surface area contributed by atoms with Crippen molar-refractivity contribution in [2.24, 2.45) is 0 Å². The van der Waals surface area contributed by atoms with Crippen LogP contribution in [0.3, 0.4) is 0 Å². The van der Waals surface area contributed by atoms with E-state index < -0.39 is 0 Å². The van der Waals surface area contributed by atoms with Crippen molar-refractivity contribution < 1.29 is 4.79 Å². The lowest BCUT2D eigenvalue weighted by Gasteiger charge is -2.20. The van der Waals surface area contributed by atoms with E-state index in [1.54, 1.807) is 12.5 Å². The van der Waals surface area contributed by atoms with Gasteiger partial charge in [0.15, 0.2) is 0 Å². The molecule has 0 radical (unpaired) electrons. The van der Waals surface area contributed by atoms with Crippen molar-refractivity contribution in [1.82, 2.24) is 19.8 Å². The highest BCUT2D eigenvalue weighted by molar-refractivity contribution is 5.94. The first-order valence-electron chi connectivity index (χ1n) is 10.9. The Morgan fingerprint density at radius 3 is 2.40 bits per heavy atom. The number of nitrogens with zero attached hydrogens (tertiary/aromatic N) is 3. The summed E-state index contributed by atoms with van der Waals surface area (Å²) in [5.74, 6) is -0.0397. The predicted molar refractivity (Wildman–Crippen MR) is 119 cm³/mol. The average molecular weight is 403 g/mol. The highest BCUT2D eigenvalue weighted by Gasteiger charge is 2.10. The summed E-state index contributed by atoms with van der Waals surface area (Å²) in [6, 6.07) is 16.4. The minimum Gasteiger partial charge on any atom is -0.348 e. The fourth-order valence-electron chi connectivity index (χ4n) is 4.03. The third-order valence-corrected chi connectivity index (χ3v) is 5.69. The molecule has 5 heteroatoms. The van der Waals surface area contributed by atoms with Gasteiger partial charge < -0.3 is 9.88 Å². The zero-order valence-electron chi connectivity index (χ0n) is 17.5. The number of imidazole rings is 1. The van der Waals surface area contributed by atoms with E-state index in [0.717, 1.165) is 24.2 Å². The van der Waals surface area contributed by atoms with Crippen LogP contribution in [0.2, 0.25) is 0 Å². The summed E-state index contributed by atoms with van der Waals surface area (Å²) in [6.45, 7) is 4.69. The van der Waals surface area contributed by atoms with Crippen LogP contribution in [-0.2, 0) is 19.6 Å². The van der Waals surface area contributed by atoms with E-state index in [-0.39, 0.29) is 5.91 Å². The molecule has 1 aromatic heterocycles. The standard InChI is InChI=1S/C25H30N4O/c30-25(24-10-8-21(9-11-24)18-29-15-12-26-20-29)27-17-22-6-5-7-23(16-22)19-28-13-3-1-2-4-14-28/h5-12,15-16,20H,1-4,13-14,17-19H2,(H,27,30). The third-order valence-electron chi connectivity index (χ3n) is 5.69. The van der Waals surface area contributed by atoms with Gasteiger partial charge in [-0.25, -0.2) is 4.98 Å². The van der Waals surface area contributed by atoms with E-state index in [1.807, 2.05) is 35.0 Å². The van der Waals surface area contributed by atoms with Gasteiger partial charge in [0.25, 0.3) is 5.91 Å². The summed E-state index contributed by atoms with van der Waals surface area (Å²) in [5.41, 5.74) is 4.30. The van der Waals surface area contributed by atoms with Crippen LogP contribution in [0, 0.1) is 0 Å². The molecule has 156 valence electrons. The van der Waals surface area contributed by atoms with E-state index >= 15 is 0 Å². The maximum Gasteiger partial charge on any atom is 0.251 e. The molecular weight excluding hydrogens is 372 g/mol. The molecule has 4 rings (SSSR count). The maximum atomic E-state index is 12.6. The van der Waals surface area contributed by atoms with Crippen LogP contribution in [0.4, 0.5) is 0 Å². The van der Waals surface area contributed by atoms with E-state index in [4.69, 9.17) is 0 Å². The molecule has 1 amide bonds. The second-order valence-electron chi connectivity index (χ2n) is 8.12. The van der Waals surface area contributed by atoms with Gasteiger partial charge in [-0.1, -0.05) is 49.2 Å². The Hall–Kier alpha value is -2.92. The molecule has 1 saturated heterocycles. The van der Waals surface area contributed by atoms with Gasteiger partial charge in [-0.05, 0) is 54.8 Å². The molecule has 2 heterocycles. The second-order valence-corrected chi connectivity index (χ2v) is 8.12. The van der Waals surface area contributed by atoms with Crippen molar-refractivity contribution in [3.05, 3.63) is 89.5 Å². The minimum atomic E-state index is -0.0397. The van der Waals surface area contributed by atoms with Crippen LogP contribution < -0.4 is 5.32 Å². The summed E-state index contributed by atoms with van der Waals surface area (Å²) in [6.07, 6.45) is 10.8. The first-order chi connectivity index (χ1) is 14.8. The Balaban J connectivity index is 1.30. The number of carbonyl (C=O) groups excluding carboxylic acids is 1. The molecule has 0 saturated carbocycles. The van der Waals surface area contributed by atoms with Gasteiger partial charge in [-0.15, -0.1) is 0 Å². The number of nitrogens with one attached hydrogen (secondary N) is 1. The molecular formula is C25H30N4O. The summed E-state index contributed by atoms with van der Waals surface area (Å²) >= 11 is 0. The molecule has 0 aliphatic carbocycles. The van der Waals surface area contributed by atoms with Crippen molar-refractivity contribution in [2.75, 3.05) is 13.1 Å². The average Bonchev–Trinajstić information content (AvgIpc) is 3.15. The number of likely N-dealkylation sites (tertiary alicyclic amines) is 1. The third kappa shape index (κ3) is 5.80. The molecule has 1 fully saturated rings. The van der Waals surface area contributed by atoms with Gasteiger partial charge in [0.05, 0.1) is 6.33 Å². The maximum absolute atomic E-state index is 12.6. The Morgan fingerprint density at radius 1 is 0.900 bits per heavy atom. The van der Waals surface area contributed by atoms with E-state index in [1.165, 1.54) is 44.3 Å². The Bertz CT molecular complexity index is 926. The molecule has 1 aliphatic heterocycles. The smallest absolute Gasteiger partial charge is 0.251 e. The topological polar surface area (TPSA) is 50.2 Å². The summed E-state index contributed by atoms with van der Waals surface area (Å²) in [5, 5.41) is 3.05. The molecule has 3 aromatic rings. The quantitative estimate of drug-likeness (QED) is 0.643. The second kappa shape index (κ2) is 10.2. The van der Waals surface area contributed by atoms with Crippen LogP contribution in [0.1, 0.15) is 52.7 Å². The Morgan fingerprint density at radius 2 is 1.67 bits per heavy atom. The van der Waals surface area contributed by atoms with Gasteiger partial charge in [0.2, 0.25) is 0 Å². The highest BCUT2D eigenvalue weighted by Crippen LogP contribution is 2.14. The molecule has 0 unspecified atom stereocenters. The number of aromatic nitrogens is 2. The molecule has 0 bridgehead atoms. The summed E-state index contributed by atoms with van der Waals surface area (Å²) in [4.78, 5) is 19.2. The van der Waals surface area contributed by atoms with Crippen LogP contribution in [0.15, 0.2) is 67.3 Å². The molecule has 2 aromatic carbocycles. The van der Waals surface area contributed by atoms with E-state index in [2.05, 4.69) is 39.5 Å². The minimum absolute atomic E-state index is 0.0397. The molecule has 5 nitrogen and oxygen atoms in total. The van der Waals surface area contributed by atoms with Crippen molar-refractivity contribution in [2.45, 2.75) is 45.3 Å². The molecule has 30 heavy (non-hydrogen) atoms. The zero-order valence-corrected chi connectivity index (χ0v) is 17.5. The van der Waals surface area contributed by atoms with Crippen LogP contribution in [-0.4, -0.2) is 33.4 Å². The number of hydrogen-bond acceptors (Lipinski definition) is 3. The fourth-order valence-corrected chi connectivity index (χ4v) is 4.03. The first kappa shape index (κ1) is 20.4. The summed E-state index contributed by atoms with van der Waals surface area (Å²) in [7, 11) is 0. The molecule has 0 spiro atoms. The van der Waals surface area contributed by atoms with E-state index in [0.29, 0.717) is 12.1 Å². The van der Waals surface area contributed by atoms with Crippen LogP contribution in [0.25, 0.3) is 0 Å². The number of carbonyl (C=O) groups is 1. The fraction of sp³-hybridized carbons (Fsp3) is 0.360. The predicted octanol–water partition coefficient (Wildman–Crippen LogP) is 4.24. The van der Waals surface area contributed by atoms with Gasteiger partial charge in [-0.3, -0.25) is 9.69 Å². The first-order valence-corrected chi connectivity index (χ1v) is 10.9. The van der Waals surface area contributed by atoms with Crippen molar-refractivity contribution in [1.29, 1.82) is 0 Å². The lowest BCUT2D eigenvalue weighted by Crippen LogP contribution is -2.24. The van der Waals surface area contributed by atoms with Gasteiger partial charge in [0, 0.05) is 37.6 Å².